The summed E-state index contributed by atoms with van der Waals surface area (Å²) >= 11 is 1.48. The average Bonchev–Trinajstić information content (AvgIpc) is 2.94. The molecule has 1 aromatic heterocycles. The van der Waals surface area contributed by atoms with Crippen molar-refractivity contribution in [3.8, 4) is 0 Å². The predicted octanol–water partition coefficient (Wildman–Crippen LogP) is 1.40. The van der Waals surface area contributed by atoms with Crippen molar-refractivity contribution in [1.82, 2.24) is 10.3 Å². The van der Waals surface area contributed by atoms with Crippen LogP contribution in [0, 0.1) is 0 Å². The van der Waals surface area contributed by atoms with Gasteiger partial charge in [-0.05, 0) is 44.1 Å². The van der Waals surface area contributed by atoms with Crippen LogP contribution < -0.4 is 10.6 Å². The van der Waals surface area contributed by atoms with Crippen molar-refractivity contribution in [3.05, 3.63) is 23.7 Å². The van der Waals surface area contributed by atoms with E-state index < -0.39 is 20.5 Å². The standard InChI is InChI=1S/C14H17N3O3S2/c1-22(19,20)14(4-6-15-7-5-14)13(18)17-10-2-3-11-12(8-10)21-9-16-11/h2-3,8-9,15H,4-7H2,1H3,(H,17,18). The molecule has 0 unspecified atom stereocenters. The number of piperidine rings is 1. The van der Waals surface area contributed by atoms with Crippen LogP contribution >= 0.6 is 11.3 Å². The highest BCUT2D eigenvalue weighted by atomic mass is 32.2. The zero-order valence-corrected chi connectivity index (χ0v) is 13.8. The minimum atomic E-state index is -3.50. The van der Waals surface area contributed by atoms with Crippen LogP contribution in [0.5, 0.6) is 0 Å². The van der Waals surface area contributed by atoms with E-state index in [1.807, 2.05) is 12.1 Å². The third-order valence-electron chi connectivity index (χ3n) is 4.12. The summed E-state index contributed by atoms with van der Waals surface area (Å²) in [6.45, 7) is 1.04. The van der Waals surface area contributed by atoms with Crippen molar-refractivity contribution in [1.29, 1.82) is 0 Å². The molecule has 3 rings (SSSR count). The highest BCUT2D eigenvalue weighted by Crippen LogP contribution is 2.30. The van der Waals surface area contributed by atoms with Gasteiger partial charge in [0.1, 0.15) is 0 Å². The second-order valence-corrected chi connectivity index (χ2v) is 8.72. The molecule has 2 heterocycles. The fourth-order valence-electron chi connectivity index (χ4n) is 2.77. The van der Waals surface area contributed by atoms with Gasteiger partial charge in [-0.1, -0.05) is 0 Å². The number of thiazole rings is 1. The first-order valence-electron chi connectivity index (χ1n) is 6.97. The van der Waals surface area contributed by atoms with Crippen LogP contribution in [0.15, 0.2) is 23.7 Å². The van der Waals surface area contributed by atoms with Crippen molar-refractivity contribution < 1.29 is 13.2 Å². The largest absolute Gasteiger partial charge is 0.325 e. The van der Waals surface area contributed by atoms with Crippen molar-refractivity contribution in [3.63, 3.8) is 0 Å². The number of carbonyl (C=O) groups is 1. The van der Waals surface area contributed by atoms with Crippen LogP contribution in [0.4, 0.5) is 5.69 Å². The zero-order valence-electron chi connectivity index (χ0n) is 12.1. The Morgan fingerprint density at radius 2 is 2.09 bits per heavy atom. The number of aromatic nitrogens is 1. The fraction of sp³-hybridized carbons (Fsp3) is 0.429. The van der Waals surface area contributed by atoms with E-state index in [4.69, 9.17) is 0 Å². The molecule has 1 aliphatic rings. The van der Waals surface area contributed by atoms with E-state index in [1.54, 1.807) is 11.6 Å². The number of sulfone groups is 1. The number of rotatable bonds is 3. The SMILES string of the molecule is CS(=O)(=O)C1(C(=O)Nc2ccc3ncsc3c2)CCNCC1. The minimum Gasteiger partial charge on any atom is -0.325 e. The van der Waals surface area contributed by atoms with Gasteiger partial charge >= 0.3 is 0 Å². The lowest BCUT2D eigenvalue weighted by Gasteiger charge is -2.34. The molecule has 0 radical (unpaired) electrons. The Morgan fingerprint density at radius 1 is 1.36 bits per heavy atom. The van der Waals surface area contributed by atoms with Crippen LogP contribution in [-0.4, -0.2) is 43.4 Å². The average molecular weight is 339 g/mol. The number of fused-ring (bicyclic) bond motifs is 1. The second kappa shape index (κ2) is 5.60. The first kappa shape index (κ1) is 15.4. The van der Waals surface area contributed by atoms with Gasteiger partial charge in [-0.25, -0.2) is 13.4 Å². The smallest absolute Gasteiger partial charge is 0.245 e. The summed E-state index contributed by atoms with van der Waals surface area (Å²) in [4.78, 5) is 16.9. The summed E-state index contributed by atoms with van der Waals surface area (Å²) in [6, 6.07) is 5.38. The molecular formula is C14H17N3O3S2. The number of anilines is 1. The molecule has 2 N–H and O–H groups in total. The number of amides is 1. The van der Waals surface area contributed by atoms with Crippen molar-refractivity contribution in [2.24, 2.45) is 0 Å². The Balaban J connectivity index is 1.90. The number of hydrogen-bond donors (Lipinski definition) is 2. The Morgan fingerprint density at radius 3 is 2.77 bits per heavy atom. The van der Waals surface area contributed by atoms with Gasteiger partial charge in [-0.15, -0.1) is 11.3 Å². The lowest BCUT2D eigenvalue weighted by Crippen LogP contribution is -2.55. The van der Waals surface area contributed by atoms with Crippen molar-refractivity contribution in [2.75, 3.05) is 24.7 Å². The van der Waals surface area contributed by atoms with E-state index in [1.165, 1.54) is 11.3 Å². The molecule has 1 saturated heterocycles. The Hall–Kier alpha value is -1.51. The molecule has 0 atom stereocenters. The Kier molecular flexibility index (Phi) is 3.92. The normalized spacial score (nSPS) is 18.2. The summed E-state index contributed by atoms with van der Waals surface area (Å²) < 4.78 is 24.0. The van der Waals surface area contributed by atoms with Crippen LogP contribution in [0.2, 0.25) is 0 Å². The van der Waals surface area contributed by atoms with E-state index in [9.17, 15) is 13.2 Å². The summed E-state index contributed by atoms with van der Waals surface area (Å²) in [5.74, 6) is -0.444. The molecule has 118 valence electrons. The highest BCUT2D eigenvalue weighted by molar-refractivity contribution is 7.92. The van der Waals surface area contributed by atoms with E-state index in [-0.39, 0.29) is 0 Å². The second-order valence-electron chi connectivity index (χ2n) is 5.51. The lowest BCUT2D eigenvalue weighted by atomic mass is 9.95. The van der Waals surface area contributed by atoms with Crippen LogP contribution in [0.3, 0.4) is 0 Å². The first-order chi connectivity index (χ1) is 10.4. The number of benzene rings is 1. The first-order valence-corrected chi connectivity index (χ1v) is 9.74. The number of nitrogens with zero attached hydrogens (tertiary/aromatic N) is 1. The molecule has 6 nitrogen and oxygen atoms in total. The molecule has 0 aliphatic carbocycles. The molecule has 2 aromatic rings. The lowest BCUT2D eigenvalue weighted by molar-refractivity contribution is -0.119. The predicted molar refractivity (Wildman–Crippen MR) is 87.9 cm³/mol. The summed E-state index contributed by atoms with van der Waals surface area (Å²) in [5, 5.41) is 5.87. The fourth-order valence-corrected chi connectivity index (χ4v) is 4.82. The van der Waals surface area contributed by atoms with Gasteiger partial charge in [-0.3, -0.25) is 4.79 Å². The van der Waals surface area contributed by atoms with E-state index >= 15 is 0 Å². The van der Waals surface area contributed by atoms with E-state index in [2.05, 4.69) is 15.6 Å². The van der Waals surface area contributed by atoms with Crippen LogP contribution in [0.1, 0.15) is 12.8 Å². The molecule has 0 spiro atoms. The van der Waals surface area contributed by atoms with Crippen molar-refractivity contribution in [2.45, 2.75) is 17.6 Å². The topological polar surface area (TPSA) is 88.2 Å². The maximum atomic E-state index is 12.7. The van der Waals surface area contributed by atoms with Gasteiger partial charge < -0.3 is 10.6 Å². The summed E-state index contributed by atoms with van der Waals surface area (Å²) in [7, 11) is -3.50. The van der Waals surface area contributed by atoms with Gasteiger partial charge in [0, 0.05) is 11.9 Å². The quantitative estimate of drug-likeness (QED) is 0.882. The molecule has 1 aromatic carbocycles. The molecule has 1 fully saturated rings. The maximum absolute atomic E-state index is 12.7. The van der Waals surface area contributed by atoms with Crippen molar-refractivity contribution >= 4 is 43.0 Å². The molecule has 22 heavy (non-hydrogen) atoms. The molecule has 1 amide bonds. The number of hydrogen-bond acceptors (Lipinski definition) is 6. The minimum absolute atomic E-state index is 0.292. The molecule has 8 heteroatoms. The zero-order chi connectivity index (χ0) is 15.8. The van der Waals surface area contributed by atoms with Crippen LogP contribution in [-0.2, 0) is 14.6 Å². The van der Waals surface area contributed by atoms with Gasteiger partial charge in [0.15, 0.2) is 14.6 Å². The maximum Gasteiger partial charge on any atom is 0.245 e. The number of carbonyl (C=O) groups excluding carboxylic acids is 1. The van der Waals surface area contributed by atoms with E-state index in [0.717, 1.165) is 16.5 Å². The summed E-state index contributed by atoms with van der Waals surface area (Å²) in [6.07, 6.45) is 1.73. The Bertz CT molecular complexity index is 808. The van der Waals surface area contributed by atoms with Gasteiger partial charge in [0.05, 0.1) is 15.7 Å². The summed E-state index contributed by atoms with van der Waals surface area (Å²) in [5.41, 5.74) is 3.20. The van der Waals surface area contributed by atoms with Crippen LogP contribution in [0.25, 0.3) is 10.2 Å². The molecule has 0 saturated carbocycles. The number of nitrogens with one attached hydrogen (secondary N) is 2. The molecule has 0 bridgehead atoms. The molecule has 1 aliphatic heterocycles. The molecular weight excluding hydrogens is 322 g/mol. The third kappa shape index (κ3) is 2.62. The Labute approximate surface area is 132 Å². The van der Waals surface area contributed by atoms with E-state index in [0.29, 0.717) is 31.6 Å². The third-order valence-corrected chi connectivity index (χ3v) is 6.93. The highest BCUT2D eigenvalue weighted by Gasteiger charge is 2.48. The van der Waals surface area contributed by atoms with Gasteiger partial charge in [-0.2, -0.15) is 0 Å². The van der Waals surface area contributed by atoms with Gasteiger partial charge in [0.2, 0.25) is 5.91 Å². The monoisotopic (exact) mass is 339 g/mol. The van der Waals surface area contributed by atoms with Gasteiger partial charge in [0.25, 0.3) is 0 Å².